The van der Waals surface area contributed by atoms with Crippen LogP contribution in [0.15, 0.2) is 18.2 Å². The fraction of sp³-hybridized carbons (Fsp3) is 0.588. The Kier molecular flexibility index (Phi) is 5.71. The smallest absolute Gasteiger partial charge is 0.318 e. The molecule has 6 nitrogen and oxygen atoms in total. The summed E-state index contributed by atoms with van der Waals surface area (Å²) >= 11 is 0. The summed E-state index contributed by atoms with van der Waals surface area (Å²) in [6.07, 6.45) is 0.0947. The van der Waals surface area contributed by atoms with Crippen molar-refractivity contribution < 1.29 is 19.0 Å². The van der Waals surface area contributed by atoms with Crippen molar-refractivity contribution in [2.45, 2.75) is 39.0 Å². The van der Waals surface area contributed by atoms with Crippen LogP contribution in [0.25, 0.3) is 0 Å². The molecular weight excluding hydrogens is 296 g/mol. The minimum absolute atomic E-state index is 0.0474. The molecule has 2 rings (SSSR count). The van der Waals surface area contributed by atoms with Gasteiger partial charge in [0.2, 0.25) is 0 Å². The predicted octanol–water partition coefficient (Wildman–Crippen LogP) is 2.58. The van der Waals surface area contributed by atoms with Crippen LogP contribution in [0.1, 0.15) is 32.4 Å². The van der Waals surface area contributed by atoms with Gasteiger partial charge < -0.3 is 24.4 Å². The minimum atomic E-state index is -0.194. The molecule has 0 aliphatic carbocycles. The van der Waals surface area contributed by atoms with Gasteiger partial charge in [-0.25, -0.2) is 4.79 Å². The van der Waals surface area contributed by atoms with Gasteiger partial charge in [0.1, 0.15) is 11.5 Å². The molecule has 1 fully saturated rings. The third-order valence-corrected chi connectivity index (χ3v) is 3.95. The fourth-order valence-corrected chi connectivity index (χ4v) is 2.88. The Morgan fingerprint density at radius 3 is 2.48 bits per heavy atom. The van der Waals surface area contributed by atoms with E-state index in [1.165, 1.54) is 0 Å². The second-order valence-corrected chi connectivity index (χ2v) is 5.94. The van der Waals surface area contributed by atoms with Crippen LogP contribution in [0.5, 0.6) is 11.5 Å². The number of amides is 2. The molecule has 3 atom stereocenters. The molecule has 1 N–H and O–H groups in total. The molecular formula is C17H26N2O4. The van der Waals surface area contributed by atoms with E-state index < -0.39 is 0 Å². The summed E-state index contributed by atoms with van der Waals surface area (Å²) in [6.45, 7) is 7.08. The van der Waals surface area contributed by atoms with Crippen LogP contribution in [0, 0.1) is 0 Å². The highest BCUT2D eigenvalue weighted by molar-refractivity contribution is 5.75. The molecule has 2 amide bonds. The average molecular weight is 322 g/mol. The second-order valence-electron chi connectivity index (χ2n) is 5.94. The standard InChI is InChI=1S/C17H26N2O4/c1-11-9-19(10-12(2)23-11)17(20)18-13(3)15-8-14(21-4)6-7-16(15)22-5/h6-8,11-13H,9-10H2,1-5H3,(H,18,20). The Hall–Kier alpha value is -1.95. The number of nitrogens with zero attached hydrogens (tertiary/aromatic N) is 1. The zero-order chi connectivity index (χ0) is 17.0. The average Bonchev–Trinajstić information content (AvgIpc) is 2.53. The van der Waals surface area contributed by atoms with Gasteiger partial charge in [-0.3, -0.25) is 0 Å². The maximum absolute atomic E-state index is 12.5. The Morgan fingerprint density at radius 1 is 1.26 bits per heavy atom. The molecule has 128 valence electrons. The van der Waals surface area contributed by atoms with Crippen molar-refractivity contribution in [2.75, 3.05) is 27.3 Å². The molecule has 0 spiro atoms. The van der Waals surface area contributed by atoms with Crippen LogP contribution in [-0.2, 0) is 4.74 Å². The molecule has 3 unspecified atom stereocenters. The van der Waals surface area contributed by atoms with E-state index in [2.05, 4.69) is 5.32 Å². The molecule has 0 bridgehead atoms. The number of morpholine rings is 1. The normalized spacial score (nSPS) is 22.4. The number of ether oxygens (including phenoxy) is 3. The van der Waals surface area contributed by atoms with Gasteiger partial charge in [-0.05, 0) is 39.0 Å². The van der Waals surface area contributed by atoms with Gasteiger partial charge in [-0.15, -0.1) is 0 Å². The lowest BCUT2D eigenvalue weighted by atomic mass is 10.1. The first-order valence-corrected chi connectivity index (χ1v) is 7.87. The van der Waals surface area contributed by atoms with E-state index in [0.717, 1.165) is 17.1 Å². The van der Waals surface area contributed by atoms with Crippen LogP contribution < -0.4 is 14.8 Å². The number of nitrogens with one attached hydrogen (secondary N) is 1. The maximum atomic E-state index is 12.5. The Labute approximate surface area is 137 Å². The highest BCUT2D eigenvalue weighted by atomic mass is 16.5. The zero-order valence-electron chi connectivity index (χ0n) is 14.5. The quantitative estimate of drug-likeness (QED) is 0.925. The van der Waals surface area contributed by atoms with Crippen LogP contribution in [-0.4, -0.2) is 50.4 Å². The van der Waals surface area contributed by atoms with Crippen molar-refractivity contribution in [1.29, 1.82) is 0 Å². The van der Waals surface area contributed by atoms with Gasteiger partial charge in [0.25, 0.3) is 0 Å². The van der Waals surface area contributed by atoms with E-state index in [4.69, 9.17) is 14.2 Å². The molecule has 1 saturated heterocycles. The summed E-state index contributed by atoms with van der Waals surface area (Å²) in [5.41, 5.74) is 0.884. The van der Waals surface area contributed by atoms with Gasteiger partial charge in [-0.1, -0.05) is 0 Å². The van der Waals surface area contributed by atoms with Crippen molar-refractivity contribution in [3.8, 4) is 11.5 Å². The van der Waals surface area contributed by atoms with E-state index >= 15 is 0 Å². The molecule has 6 heteroatoms. The van der Waals surface area contributed by atoms with Gasteiger partial charge in [0.05, 0.1) is 32.5 Å². The highest BCUT2D eigenvalue weighted by Crippen LogP contribution is 2.29. The van der Waals surface area contributed by atoms with Gasteiger partial charge >= 0.3 is 6.03 Å². The summed E-state index contributed by atoms with van der Waals surface area (Å²) in [6, 6.07) is 5.28. The van der Waals surface area contributed by atoms with Gasteiger partial charge in [0, 0.05) is 18.7 Å². The first-order chi connectivity index (χ1) is 10.9. The summed E-state index contributed by atoms with van der Waals surface area (Å²) < 4.78 is 16.3. The van der Waals surface area contributed by atoms with E-state index in [1.807, 2.05) is 39.0 Å². The number of hydrogen-bond acceptors (Lipinski definition) is 4. The molecule has 1 aliphatic heterocycles. The van der Waals surface area contributed by atoms with Crippen LogP contribution in [0.2, 0.25) is 0 Å². The van der Waals surface area contributed by atoms with E-state index in [-0.39, 0.29) is 24.3 Å². The summed E-state index contributed by atoms with van der Waals surface area (Å²) in [7, 11) is 3.23. The number of rotatable bonds is 4. The number of carbonyl (C=O) groups is 1. The number of benzene rings is 1. The molecule has 0 aromatic heterocycles. The zero-order valence-corrected chi connectivity index (χ0v) is 14.5. The first-order valence-electron chi connectivity index (χ1n) is 7.87. The maximum Gasteiger partial charge on any atom is 0.318 e. The van der Waals surface area contributed by atoms with Crippen molar-refractivity contribution >= 4 is 6.03 Å². The third kappa shape index (κ3) is 4.28. The Morgan fingerprint density at radius 2 is 1.91 bits per heavy atom. The molecule has 1 aliphatic rings. The first kappa shape index (κ1) is 17.4. The largest absolute Gasteiger partial charge is 0.497 e. The predicted molar refractivity (Wildman–Crippen MR) is 88.1 cm³/mol. The fourth-order valence-electron chi connectivity index (χ4n) is 2.88. The monoisotopic (exact) mass is 322 g/mol. The minimum Gasteiger partial charge on any atom is -0.497 e. The topological polar surface area (TPSA) is 60.0 Å². The van der Waals surface area contributed by atoms with E-state index in [1.54, 1.807) is 19.1 Å². The number of hydrogen-bond donors (Lipinski definition) is 1. The number of methoxy groups -OCH3 is 2. The van der Waals surface area contributed by atoms with Crippen LogP contribution in [0.3, 0.4) is 0 Å². The molecule has 0 saturated carbocycles. The van der Waals surface area contributed by atoms with Gasteiger partial charge in [-0.2, -0.15) is 0 Å². The lowest BCUT2D eigenvalue weighted by molar-refractivity contribution is -0.0547. The SMILES string of the molecule is COc1ccc(OC)c(C(C)NC(=O)N2CC(C)OC(C)C2)c1. The van der Waals surface area contributed by atoms with Crippen molar-refractivity contribution in [1.82, 2.24) is 10.2 Å². The van der Waals surface area contributed by atoms with E-state index in [0.29, 0.717) is 13.1 Å². The molecule has 1 aromatic rings. The van der Waals surface area contributed by atoms with Crippen LogP contribution in [0.4, 0.5) is 4.79 Å². The van der Waals surface area contributed by atoms with Gasteiger partial charge in [0.15, 0.2) is 0 Å². The van der Waals surface area contributed by atoms with Crippen molar-refractivity contribution in [3.05, 3.63) is 23.8 Å². The lowest BCUT2D eigenvalue weighted by Gasteiger charge is -2.36. The highest BCUT2D eigenvalue weighted by Gasteiger charge is 2.27. The molecule has 1 heterocycles. The number of carbonyl (C=O) groups excluding carboxylic acids is 1. The van der Waals surface area contributed by atoms with E-state index in [9.17, 15) is 4.79 Å². The van der Waals surface area contributed by atoms with Crippen molar-refractivity contribution in [2.24, 2.45) is 0 Å². The van der Waals surface area contributed by atoms with Crippen LogP contribution >= 0.6 is 0 Å². The molecule has 0 radical (unpaired) electrons. The number of urea groups is 1. The second kappa shape index (κ2) is 7.55. The Bertz CT molecular complexity index is 539. The third-order valence-electron chi connectivity index (χ3n) is 3.95. The summed E-state index contributed by atoms with van der Waals surface area (Å²) in [4.78, 5) is 14.3. The lowest BCUT2D eigenvalue weighted by Crippen LogP contribution is -2.52. The molecule has 23 heavy (non-hydrogen) atoms. The summed E-state index contributed by atoms with van der Waals surface area (Å²) in [5.74, 6) is 1.46. The summed E-state index contributed by atoms with van der Waals surface area (Å²) in [5, 5.41) is 3.03. The Balaban J connectivity index is 2.09. The van der Waals surface area contributed by atoms with Crippen molar-refractivity contribution in [3.63, 3.8) is 0 Å². The molecule has 1 aromatic carbocycles.